The molecule has 138 valence electrons. The summed E-state index contributed by atoms with van der Waals surface area (Å²) in [6, 6.07) is 8.61. The summed E-state index contributed by atoms with van der Waals surface area (Å²) < 4.78 is 13.0. The van der Waals surface area contributed by atoms with E-state index in [0.717, 1.165) is 10.5 Å². The number of carbonyl (C=O) groups is 3. The molecule has 3 rings (SSSR count). The molecule has 1 saturated heterocycles. The normalized spacial score (nSPS) is 16.0. The van der Waals surface area contributed by atoms with Gasteiger partial charge in [-0.15, -0.1) is 0 Å². The quantitative estimate of drug-likeness (QED) is 0.433. The number of nitrogens with zero attached hydrogens (tertiary/aromatic N) is 1. The first-order valence-electron chi connectivity index (χ1n) is 8.00. The van der Waals surface area contributed by atoms with Crippen molar-refractivity contribution < 1.29 is 29.0 Å². The Balaban J connectivity index is 1.81. The maximum Gasteiger partial charge on any atom is 0.331 e. The van der Waals surface area contributed by atoms with Crippen LogP contribution in [0.25, 0.3) is 6.08 Å². The Kier molecular flexibility index (Phi) is 4.89. The largest absolute Gasteiger partial charge is 0.504 e. The summed E-state index contributed by atoms with van der Waals surface area (Å²) in [6.07, 6.45) is 1.51. The Hall–Kier alpha value is -3.68. The number of imide groups is 2. The molecule has 1 heterocycles. The molecule has 0 aliphatic carbocycles. The van der Waals surface area contributed by atoms with E-state index in [9.17, 15) is 29.0 Å². The zero-order chi connectivity index (χ0) is 19.6. The van der Waals surface area contributed by atoms with Crippen LogP contribution in [0, 0.1) is 5.82 Å². The Bertz CT molecular complexity index is 953. The number of aromatic hydroxyl groups is 2. The highest BCUT2D eigenvalue weighted by atomic mass is 19.1. The molecule has 3 N–H and O–H groups in total. The molecule has 0 saturated carbocycles. The maximum atomic E-state index is 13.0. The Morgan fingerprint density at radius 3 is 2.37 bits per heavy atom. The second kappa shape index (κ2) is 7.28. The van der Waals surface area contributed by atoms with Crippen LogP contribution in [0.3, 0.4) is 0 Å². The van der Waals surface area contributed by atoms with Crippen LogP contribution in [0.1, 0.15) is 11.1 Å². The summed E-state index contributed by atoms with van der Waals surface area (Å²) >= 11 is 0. The molecule has 1 aliphatic heterocycles. The van der Waals surface area contributed by atoms with Gasteiger partial charge in [-0.1, -0.05) is 18.2 Å². The van der Waals surface area contributed by atoms with Crippen molar-refractivity contribution in [2.75, 3.05) is 6.54 Å². The average Bonchev–Trinajstić information content (AvgIpc) is 2.63. The molecular formula is C19H15FN2O5. The Morgan fingerprint density at radius 2 is 1.70 bits per heavy atom. The number of hydrogen-bond donors (Lipinski definition) is 3. The highest BCUT2D eigenvalue weighted by Gasteiger charge is 2.35. The lowest BCUT2D eigenvalue weighted by Crippen LogP contribution is -2.54. The topological polar surface area (TPSA) is 107 Å². The van der Waals surface area contributed by atoms with Gasteiger partial charge >= 0.3 is 6.03 Å². The highest BCUT2D eigenvalue weighted by Crippen LogP contribution is 2.26. The van der Waals surface area contributed by atoms with Crippen molar-refractivity contribution >= 4 is 23.9 Å². The summed E-state index contributed by atoms with van der Waals surface area (Å²) in [5, 5.41) is 21.0. The van der Waals surface area contributed by atoms with E-state index in [4.69, 9.17) is 0 Å². The number of barbiturate groups is 1. The number of phenolic OH excluding ortho intramolecular Hbond substituents is 2. The van der Waals surface area contributed by atoms with E-state index in [1.54, 1.807) is 12.1 Å². The van der Waals surface area contributed by atoms with Crippen molar-refractivity contribution in [2.45, 2.75) is 6.42 Å². The smallest absolute Gasteiger partial charge is 0.331 e. The van der Waals surface area contributed by atoms with Crippen molar-refractivity contribution in [2.24, 2.45) is 0 Å². The van der Waals surface area contributed by atoms with Crippen molar-refractivity contribution in [1.82, 2.24) is 10.2 Å². The molecule has 1 fully saturated rings. The maximum absolute atomic E-state index is 13.0. The molecule has 0 unspecified atom stereocenters. The molecule has 0 atom stereocenters. The van der Waals surface area contributed by atoms with E-state index in [1.807, 2.05) is 0 Å². The minimum absolute atomic E-state index is 0.00173. The van der Waals surface area contributed by atoms with E-state index < -0.39 is 29.4 Å². The van der Waals surface area contributed by atoms with Gasteiger partial charge in [0.05, 0.1) is 0 Å². The van der Waals surface area contributed by atoms with Gasteiger partial charge in [-0.25, -0.2) is 9.18 Å². The minimum atomic E-state index is -0.851. The van der Waals surface area contributed by atoms with Gasteiger partial charge in [0.15, 0.2) is 11.5 Å². The molecule has 27 heavy (non-hydrogen) atoms. The molecule has 8 heteroatoms. The summed E-state index contributed by atoms with van der Waals surface area (Å²) in [6.45, 7) is 0.00173. The minimum Gasteiger partial charge on any atom is -0.504 e. The van der Waals surface area contributed by atoms with E-state index >= 15 is 0 Å². The van der Waals surface area contributed by atoms with Crippen LogP contribution in [0.2, 0.25) is 0 Å². The standard InChI is InChI=1S/C19H15FN2O5/c20-13-4-1-11(2-5-13)7-8-22-18(26)14(17(25)21-19(22)27)9-12-3-6-15(23)16(24)10-12/h1-6,9-10,23-24H,7-8H2,(H,21,25,27). The fourth-order valence-electron chi connectivity index (χ4n) is 2.59. The number of phenols is 2. The fraction of sp³-hybridized carbons (Fsp3) is 0.105. The summed E-state index contributed by atoms with van der Waals surface area (Å²) in [7, 11) is 0. The average molecular weight is 370 g/mol. The Morgan fingerprint density at radius 1 is 1.00 bits per heavy atom. The lowest BCUT2D eigenvalue weighted by atomic mass is 10.1. The van der Waals surface area contributed by atoms with Crippen LogP contribution in [0.4, 0.5) is 9.18 Å². The van der Waals surface area contributed by atoms with Crippen LogP contribution in [0.5, 0.6) is 11.5 Å². The third kappa shape index (κ3) is 3.95. The monoisotopic (exact) mass is 370 g/mol. The molecule has 0 bridgehead atoms. The molecule has 0 radical (unpaired) electrons. The lowest BCUT2D eigenvalue weighted by molar-refractivity contribution is -0.130. The SMILES string of the molecule is O=C1NC(=O)N(CCc2ccc(F)cc2)C(=O)C1=Cc1ccc(O)c(O)c1. The second-order valence-electron chi connectivity index (χ2n) is 5.90. The molecule has 1 aliphatic rings. The van der Waals surface area contributed by atoms with E-state index in [1.165, 1.54) is 36.4 Å². The van der Waals surface area contributed by atoms with Crippen molar-refractivity contribution in [1.29, 1.82) is 0 Å². The van der Waals surface area contributed by atoms with E-state index in [0.29, 0.717) is 12.0 Å². The van der Waals surface area contributed by atoms with Crippen LogP contribution < -0.4 is 5.32 Å². The van der Waals surface area contributed by atoms with Gasteiger partial charge in [0.25, 0.3) is 11.8 Å². The van der Waals surface area contributed by atoms with Gasteiger partial charge in [0, 0.05) is 6.54 Å². The molecule has 0 spiro atoms. The number of nitrogens with one attached hydrogen (secondary N) is 1. The molecule has 2 aromatic carbocycles. The van der Waals surface area contributed by atoms with E-state index in [2.05, 4.69) is 5.32 Å². The molecular weight excluding hydrogens is 355 g/mol. The van der Waals surface area contributed by atoms with Gasteiger partial charge in [0.2, 0.25) is 0 Å². The number of hydrogen-bond acceptors (Lipinski definition) is 5. The predicted octanol–water partition coefficient (Wildman–Crippen LogP) is 1.94. The van der Waals surface area contributed by atoms with Crippen molar-refractivity contribution in [3.8, 4) is 11.5 Å². The van der Waals surface area contributed by atoms with E-state index in [-0.39, 0.29) is 17.9 Å². The van der Waals surface area contributed by atoms with Crippen LogP contribution >= 0.6 is 0 Å². The first-order valence-corrected chi connectivity index (χ1v) is 8.00. The van der Waals surface area contributed by atoms with Gasteiger partial charge in [-0.2, -0.15) is 0 Å². The molecule has 2 aromatic rings. The van der Waals surface area contributed by atoms with Crippen LogP contribution in [0.15, 0.2) is 48.0 Å². The van der Waals surface area contributed by atoms with Crippen molar-refractivity contribution in [3.05, 3.63) is 65.0 Å². The lowest BCUT2D eigenvalue weighted by Gasteiger charge is -2.26. The molecule has 4 amide bonds. The number of benzene rings is 2. The first-order chi connectivity index (χ1) is 12.8. The summed E-state index contributed by atoms with van der Waals surface area (Å²) in [5.41, 5.74) is 0.748. The molecule has 0 aromatic heterocycles. The number of amides is 4. The fourth-order valence-corrected chi connectivity index (χ4v) is 2.59. The number of rotatable bonds is 4. The summed E-state index contributed by atoms with van der Waals surface area (Å²) in [4.78, 5) is 37.5. The van der Waals surface area contributed by atoms with Crippen LogP contribution in [-0.4, -0.2) is 39.5 Å². The van der Waals surface area contributed by atoms with Gasteiger partial charge in [-0.05, 0) is 47.9 Å². The zero-order valence-corrected chi connectivity index (χ0v) is 14.0. The summed E-state index contributed by atoms with van der Waals surface area (Å²) in [5.74, 6) is -2.77. The second-order valence-corrected chi connectivity index (χ2v) is 5.90. The number of halogens is 1. The third-order valence-electron chi connectivity index (χ3n) is 4.03. The molecule has 7 nitrogen and oxygen atoms in total. The zero-order valence-electron chi connectivity index (χ0n) is 14.0. The predicted molar refractivity (Wildman–Crippen MR) is 93.1 cm³/mol. The van der Waals surface area contributed by atoms with Crippen molar-refractivity contribution in [3.63, 3.8) is 0 Å². The third-order valence-corrected chi connectivity index (χ3v) is 4.03. The van der Waals surface area contributed by atoms with Gasteiger partial charge in [0.1, 0.15) is 11.4 Å². The van der Waals surface area contributed by atoms with Gasteiger partial charge < -0.3 is 10.2 Å². The number of carbonyl (C=O) groups excluding carboxylic acids is 3. The highest BCUT2D eigenvalue weighted by molar-refractivity contribution is 6.31. The first kappa shape index (κ1) is 18.1. The van der Waals surface area contributed by atoms with Gasteiger partial charge in [-0.3, -0.25) is 19.8 Å². The van der Waals surface area contributed by atoms with Crippen LogP contribution in [-0.2, 0) is 16.0 Å². The number of urea groups is 1. The Labute approximate surface area is 153 Å².